The Balaban J connectivity index is 1.17. The summed E-state index contributed by atoms with van der Waals surface area (Å²) in [6, 6.07) is 40.4. The lowest BCUT2D eigenvalue weighted by molar-refractivity contribution is 0.483. The van der Waals surface area contributed by atoms with Crippen LogP contribution in [0.4, 0.5) is 17.1 Å². The topological polar surface area (TPSA) is 46.7 Å². The number of anilines is 3. The number of hydrogen-bond acceptors (Lipinski definition) is 5. The molecule has 0 atom stereocenters. The third-order valence-electron chi connectivity index (χ3n) is 10.00. The van der Waals surface area contributed by atoms with Crippen LogP contribution in [0.5, 0.6) is 11.5 Å². The number of nitrogens with zero attached hydrogens (tertiary/aromatic N) is 4. The van der Waals surface area contributed by atoms with Crippen molar-refractivity contribution >= 4 is 60.8 Å². The van der Waals surface area contributed by atoms with Crippen molar-refractivity contribution in [2.45, 2.75) is 52.5 Å². The van der Waals surface area contributed by atoms with Gasteiger partial charge in [0.05, 0.1) is 29.1 Å². The highest BCUT2D eigenvalue weighted by molar-refractivity contribution is 6.17. The maximum absolute atomic E-state index is 6.66. The van der Waals surface area contributed by atoms with Crippen LogP contribution in [-0.2, 0) is 5.41 Å². The molecule has 0 aliphatic carbocycles. The number of pyridine rings is 1. The Labute approximate surface area is 292 Å². The molecule has 9 rings (SSSR count). The Morgan fingerprint density at radius 2 is 1.38 bits per heavy atom. The number of rotatable bonds is 4. The van der Waals surface area contributed by atoms with Gasteiger partial charge in [-0.3, -0.25) is 4.57 Å². The van der Waals surface area contributed by atoms with Crippen molar-refractivity contribution in [1.82, 2.24) is 9.55 Å². The quantitative estimate of drug-likeness (QED) is 0.189. The summed E-state index contributed by atoms with van der Waals surface area (Å²) in [4.78, 5) is 9.72. The second-order valence-corrected chi connectivity index (χ2v) is 15.4. The van der Waals surface area contributed by atoms with E-state index >= 15 is 0 Å². The summed E-state index contributed by atoms with van der Waals surface area (Å²) in [6.07, 6.45) is 1.91. The molecule has 248 valence electrons. The van der Waals surface area contributed by atoms with Crippen LogP contribution in [0.3, 0.4) is 0 Å². The van der Waals surface area contributed by atoms with E-state index in [0.29, 0.717) is 0 Å². The summed E-state index contributed by atoms with van der Waals surface area (Å²) >= 11 is 0. The van der Waals surface area contributed by atoms with E-state index < -0.39 is 0 Å². The lowest BCUT2D eigenvalue weighted by Gasteiger charge is -2.34. The fourth-order valence-electron chi connectivity index (χ4n) is 7.39. The average molecular weight is 657 g/mol. The van der Waals surface area contributed by atoms with E-state index in [1.54, 1.807) is 0 Å². The van der Waals surface area contributed by atoms with E-state index in [1.165, 1.54) is 16.9 Å². The van der Waals surface area contributed by atoms with Gasteiger partial charge in [0, 0.05) is 57.2 Å². The molecule has 1 aliphatic heterocycles. The third kappa shape index (κ3) is 4.89. The van der Waals surface area contributed by atoms with Crippen molar-refractivity contribution in [2.24, 2.45) is 0 Å². The van der Waals surface area contributed by atoms with Crippen LogP contribution in [0, 0.1) is 0 Å². The molecule has 0 saturated heterocycles. The van der Waals surface area contributed by atoms with Crippen LogP contribution in [0.15, 0.2) is 126 Å². The van der Waals surface area contributed by atoms with Gasteiger partial charge in [0.2, 0.25) is 0 Å². The SMILES string of the molecule is CC(C)(C)c1ccnc(-n2c3cc(Oc4cccc(N5CN(C(C)(C)C)c6ccccc65)c4)ccc3c3cc4c(cc32)oc2ccccc24)c1. The maximum atomic E-state index is 6.66. The monoisotopic (exact) mass is 656 g/mol. The van der Waals surface area contributed by atoms with Crippen molar-refractivity contribution < 1.29 is 9.15 Å². The molecule has 8 aromatic rings. The van der Waals surface area contributed by atoms with Gasteiger partial charge in [-0.2, -0.15) is 0 Å². The molecule has 6 heteroatoms. The number of fused-ring (bicyclic) bond motifs is 7. The predicted octanol–water partition coefficient (Wildman–Crippen LogP) is 11.9. The fraction of sp³-hybridized carbons (Fsp3) is 0.205. The fourth-order valence-corrected chi connectivity index (χ4v) is 7.39. The molecule has 0 fully saturated rings. The van der Waals surface area contributed by atoms with Gasteiger partial charge in [0.25, 0.3) is 0 Å². The number of para-hydroxylation sites is 3. The minimum absolute atomic E-state index is 0.0102. The van der Waals surface area contributed by atoms with Crippen LogP contribution in [-0.4, -0.2) is 21.8 Å². The van der Waals surface area contributed by atoms with Crippen LogP contribution >= 0.6 is 0 Å². The molecule has 0 saturated carbocycles. The molecular weight excluding hydrogens is 617 g/mol. The first-order valence-electron chi connectivity index (χ1n) is 17.3. The van der Waals surface area contributed by atoms with Crippen LogP contribution < -0.4 is 14.5 Å². The highest BCUT2D eigenvalue weighted by atomic mass is 16.5. The average Bonchev–Trinajstić information content (AvgIpc) is 3.76. The van der Waals surface area contributed by atoms with Crippen molar-refractivity contribution in [3.8, 4) is 17.3 Å². The normalized spacial score (nSPS) is 13.6. The smallest absolute Gasteiger partial charge is 0.137 e. The number of aromatic nitrogens is 2. The lowest BCUT2D eigenvalue weighted by atomic mass is 9.88. The van der Waals surface area contributed by atoms with Gasteiger partial charge in [-0.15, -0.1) is 0 Å². The summed E-state index contributed by atoms with van der Waals surface area (Å²) in [6.45, 7) is 14.3. The first-order valence-corrected chi connectivity index (χ1v) is 17.3. The van der Waals surface area contributed by atoms with Gasteiger partial charge in [-0.25, -0.2) is 4.98 Å². The van der Waals surface area contributed by atoms with Crippen LogP contribution in [0.1, 0.15) is 47.1 Å². The standard InChI is InChI=1S/C44H40N4O2/c1-43(2,3)28-20-21-45-42(22-28)48-38-24-31(18-19-32(38)34-25-35-33-14-7-10-17-40(33)50-41(35)26-39(34)48)49-30-13-11-12-29(23-30)46-27-47(44(4,5)6)37-16-9-8-15-36(37)46/h7-26H,27H2,1-6H3. The van der Waals surface area contributed by atoms with Gasteiger partial charge in [-0.05, 0) is 92.4 Å². The van der Waals surface area contributed by atoms with E-state index in [9.17, 15) is 0 Å². The lowest BCUT2D eigenvalue weighted by Crippen LogP contribution is -2.42. The number of hydrogen-bond donors (Lipinski definition) is 0. The summed E-state index contributed by atoms with van der Waals surface area (Å²) in [5.41, 5.74) is 8.54. The molecule has 0 radical (unpaired) electrons. The van der Waals surface area contributed by atoms with Crippen molar-refractivity contribution in [3.05, 3.63) is 127 Å². The second kappa shape index (κ2) is 10.9. The van der Waals surface area contributed by atoms with Gasteiger partial charge < -0.3 is 19.0 Å². The summed E-state index contributed by atoms with van der Waals surface area (Å²) in [5.74, 6) is 2.41. The summed E-state index contributed by atoms with van der Waals surface area (Å²) in [5, 5.41) is 4.50. The zero-order chi connectivity index (χ0) is 34.4. The molecule has 0 bridgehead atoms. The largest absolute Gasteiger partial charge is 0.457 e. The molecule has 50 heavy (non-hydrogen) atoms. The highest BCUT2D eigenvalue weighted by Gasteiger charge is 2.33. The molecule has 5 aromatic carbocycles. The Morgan fingerprint density at radius 1 is 0.620 bits per heavy atom. The van der Waals surface area contributed by atoms with Gasteiger partial charge in [0.1, 0.15) is 28.5 Å². The zero-order valence-electron chi connectivity index (χ0n) is 29.4. The number of ether oxygens (including phenoxy) is 1. The molecule has 1 aliphatic rings. The first-order chi connectivity index (χ1) is 24.0. The molecule has 0 N–H and O–H groups in total. The van der Waals surface area contributed by atoms with E-state index in [2.05, 4.69) is 153 Å². The Morgan fingerprint density at radius 3 is 2.20 bits per heavy atom. The van der Waals surface area contributed by atoms with Crippen molar-refractivity contribution in [2.75, 3.05) is 16.5 Å². The molecule has 3 aromatic heterocycles. The maximum Gasteiger partial charge on any atom is 0.137 e. The molecule has 0 amide bonds. The Bertz CT molecular complexity index is 2600. The van der Waals surface area contributed by atoms with Gasteiger partial charge in [0.15, 0.2) is 0 Å². The van der Waals surface area contributed by atoms with E-state index in [4.69, 9.17) is 14.1 Å². The van der Waals surface area contributed by atoms with E-state index in [1.807, 2.05) is 24.4 Å². The molecule has 0 spiro atoms. The molecule has 0 unspecified atom stereocenters. The van der Waals surface area contributed by atoms with Crippen molar-refractivity contribution in [3.63, 3.8) is 0 Å². The highest BCUT2D eigenvalue weighted by Crippen LogP contribution is 2.45. The minimum Gasteiger partial charge on any atom is -0.457 e. The van der Waals surface area contributed by atoms with Crippen molar-refractivity contribution in [1.29, 1.82) is 0 Å². The molecular formula is C44H40N4O2. The van der Waals surface area contributed by atoms with E-state index in [-0.39, 0.29) is 11.0 Å². The van der Waals surface area contributed by atoms with Crippen LogP contribution in [0.25, 0.3) is 49.6 Å². The van der Waals surface area contributed by atoms with Crippen LogP contribution in [0.2, 0.25) is 0 Å². The summed E-state index contributed by atoms with van der Waals surface area (Å²) < 4.78 is 15.3. The molecule has 6 nitrogen and oxygen atoms in total. The second-order valence-electron chi connectivity index (χ2n) is 15.4. The zero-order valence-corrected chi connectivity index (χ0v) is 29.4. The first kappa shape index (κ1) is 30.3. The number of benzene rings is 5. The van der Waals surface area contributed by atoms with E-state index in [0.717, 1.165) is 73.4 Å². The molecule has 4 heterocycles. The minimum atomic E-state index is -0.0263. The Hall–Kier alpha value is -5.75. The van der Waals surface area contributed by atoms with Gasteiger partial charge >= 0.3 is 0 Å². The predicted molar refractivity (Wildman–Crippen MR) is 207 cm³/mol. The van der Waals surface area contributed by atoms with Gasteiger partial charge in [-0.1, -0.05) is 57.2 Å². The number of furan rings is 1. The summed E-state index contributed by atoms with van der Waals surface area (Å²) in [7, 11) is 0. The third-order valence-corrected chi connectivity index (χ3v) is 10.00. The Kier molecular flexibility index (Phi) is 6.60.